The third kappa shape index (κ3) is 4.38. The topological polar surface area (TPSA) is 101 Å². The van der Waals surface area contributed by atoms with Crippen LogP contribution in [0.5, 0.6) is 0 Å². The molecule has 0 aliphatic heterocycles. The molecule has 2 N–H and O–H groups in total. The van der Waals surface area contributed by atoms with E-state index in [0.717, 1.165) is 6.42 Å². The van der Waals surface area contributed by atoms with E-state index in [1.165, 1.54) is 24.3 Å². The van der Waals surface area contributed by atoms with Crippen molar-refractivity contribution in [1.29, 1.82) is 0 Å². The van der Waals surface area contributed by atoms with Gasteiger partial charge in [-0.2, -0.15) is 0 Å². The van der Waals surface area contributed by atoms with Gasteiger partial charge in [0.1, 0.15) is 0 Å². The lowest BCUT2D eigenvalue weighted by molar-refractivity contribution is -0.384. The number of benzene rings is 1. The zero-order valence-corrected chi connectivity index (χ0v) is 10.7. The SMILES string of the molecule is CCC(C)NC(=O)C(=O)Nc1ccc([N+](=O)[O-])cc1. The summed E-state index contributed by atoms with van der Waals surface area (Å²) in [6, 6.07) is 5.15. The van der Waals surface area contributed by atoms with Crippen molar-refractivity contribution in [3.63, 3.8) is 0 Å². The van der Waals surface area contributed by atoms with E-state index >= 15 is 0 Å². The number of amides is 2. The van der Waals surface area contributed by atoms with Crippen molar-refractivity contribution >= 4 is 23.2 Å². The van der Waals surface area contributed by atoms with Crippen LogP contribution in [0.15, 0.2) is 24.3 Å². The predicted molar refractivity (Wildman–Crippen MR) is 69.6 cm³/mol. The summed E-state index contributed by atoms with van der Waals surface area (Å²) < 4.78 is 0. The highest BCUT2D eigenvalue weighted by Gasteiger charge is 2.15. The Morgan fingerprint density at radius 2 is 1.84 bits per heavy atom. The summed E-state index contributed by atoms with van der Waals surface area (Å²) in [5.74, 6) is -1.53. The van der Waals surface area contributed by atoms with E-state index in [1.807, 2.05) is 6.92 Å². The Bertz CT molecular complexity index is 484. The van der Waals surface area contributed by atoms with Crippen molar-refractivity contribution in [2.45, 2.75) is 26.3 Å². The predicted octanol–water partition coefficient (Wildman–Crippen LogP) is 1.45. The average Bonchev–Trinajstić information content (AvgIpc) is 2.38. The van der Waals surface area contributed by atoms with Crippen LogP contribution in [0.1, 0.15) is 20.3 Å². The van der Waals surface area contributed by atoms with Crippen LogP contribution in [0.3, 0.4) is 0 Å². The van der Waals surface area contributed by atoms with Gasteiger partial charge in [-0.05, 0) is 25.5 Å². The van der Waals surface area contributed by atoms with Gasteiger partial charge in [-0.25, -0.2) is 0 Å². The molecule has 0 fully saturated rings. The van der Waals surface area contributed by atoms with Crippen LogP contribution in [-0.4, -0.2) is 22.8 Å². The Kier molecular flexibility index (Phi) is 4.99. The van der Waals surface area contributed by atoms with Crippen molar-refractivity contribution in [2.24, 2.45) is 0 Å². The second-order valence-electron chi connectivity index (χ2n) is 4.04. The van der Waals surface area contributed by atoms with Crippen molar-refractivity contribution in [3.05, 3.63) is 34.4 Å². The van der Waals surface area contributed by atoms with Crippen LogP contribution in [0, 0.1) is 10.1 Å². The number of nitrogens with zero attached hydrogens (tertiary/aromatic N) is 1. The lowest BCUT2D eigenvalue weighted by Gasteiger charge is -2.11. The molecule has 1 aromatic rings. The molecule has 7 heteroatoms. The van der Waals surface area contributed by atoms with Gasteiger partial charge >= 0.3 is 11.8 Å². The van der Waals surface area contributed by atoms with Crippen LogP contribution < -0.4 is 10.6 Å². The average molecular weight is 265 g/mol. The monoisotopic (exact) mass is 265 g/mol. The molecule has 0 spiro atoms. The minimum Gasteiger partial charge on any atom is -0.345 e. The third-order valence-electron chi connectivity index (χ3n) is 2.53. The Hall–Kier alpha value is -2.44. The molecule has 0 saturated heterocycles. The summed E-state index contributed by atoms with van der Waals surface area (Å²) >= 11 is 0. The van der Waals surface area contributed by atoms with Gasteiger partial charge in [0.25, 0.3) is 5.69 Å². The molecule has 1 rings (SSSR count). The molecule has 2 amide bonds. The molecule has 102 valence electrons. The van der Waals surface area contributed by atoms with Crippen LogP contribution in [0.4, 0.5) is 11.4 Å². The smallest absolute Gasteiger partial charge is 0.313 e. The molecule has 0 bridgehead atoms. The van der Waals surface area contributed by atoms with Crippen molar-refractivity contribution in [3.8, 4) is 0 Å². The molecule has 0 aromatic heterocycles. The Balaban J connectivity index is 2.61. The van der Waals surface area contributed by atoms with Gasteiger partial charge in [0.05, 0.1) is 4.92 Å². The van der Waals surface area contributed by atoms with Gasteiger partial charge in [0.2, 0.25) is 0 Å². The van der Waals surface area contributed by atoms with Gasteiger partial charge in [0.15, 0.2) is 0 Å². The molecule has 7 nitrogen and oxygen atoms in total. The highest BCUT2D eigenvalue weighted by Crippen LogP contribution is 2.15. The molecule has 1 unspecified atom stereocenters. The molecule has 19 heavy (non-hydrogen) atoms. The van der Waals surface area contributed by atoms with Crippen LogP contribution in [0.25, 0.3) is 0 Å². The van der Waals surface area contributed by atoms with Gasteiger partial charge in [-0.3, -0.25) is 19.7 Å². The second-order valence-corrected chi connectivity index (χ2v) is 4.04. The van der Waals surface area contributed by atoms with E-state index < -0.39 is 16.7 Å². The fourth-order valence-electron chi connectivity index (χ4n) is 1.25. The molecule has 0 aliphatic carbocycles. The molecular weight excluding hydrogens is 250 g/mol. The summed E-state index contributed by atoms with van der Waals surface area (Å²) in [4.78, 5) is 32.9. The summed E-state index contributed by atoms with van der Waals surface area (Å²) in [6.45, 7) is 3.68. The first-order valence-electron chi connectivity index (χ1n) is 5.80. The number of non-ortho nitro benzene ring substituents is 1. The maximum atomic E-state index is 11.5. The number of nitrogens with one attached hydrogen (secondary N) is 2. The summed E-state index contributed by atoms with van der Waals surface area (Å²) in [6.07, 6.45) is 0.719. The van der Waals surface area contributed by atoms with Gasteiger partial charge < -0.3 is 10.6 Å². The lowest BCUT2D eigenvalue weighted by atomic mass is 10.2. The van der Waals surface area contributed by atoms with E-state index in [0.29, 0.717) is 5.69 Å². The summed E-state index contributed by atoms with van der Waals surface area (Å²) in [5.41, 5.74) is 0.247. The van der Waals surface area contributed by atoms with Crippen LogP contribution in [-0.2, 0) is 9.59 Å². The summed E-state index contributed by atoms with van der Waals surface area (Å²) in [5, 5.41) is 15.3. The molecule has 0 radical (unpaired) electrons. The molecular formula is C12H15N3O4. The zero-order chi connectivity index (χ0) is 14.4. The number of carbonyl (C=O) groups excluding carboxylic acids is 2. The fourth-order valence-corrected chi connectivity index (χ4v) is 1.25. The second kappa shape index (κ2) is 6.48. The highest BCUT2D eigenvalue weighted by molar-refractivity contribution is 6.39. The first-order chi connectivity index (χ1) is 8.93. The standard InChI is InChI=1S/C12H15N3O4/c1-3-8(2)13-11(16)12(17)14-9-4-6-10(7-5-9)15(18)19/h4-8H,3H2,1-2H3,(H,13,16)(H,14,17). The number of rotatable bonds is 4. The number of hydrogen-bond donors (Lipinski definition) is 2. The van der Waals surface area contributed by atoms with Gasteiger partial charge in [0, 0.05) is 23.9 Å². The zero-order valence-electron chi connectivity index (χ0n) is 10.7. The summed E-state index contributed by atoms with van der Waals surface area (Å²) in [7, 11) is 0. The number of nitro groups is 1. The van der Waals surface area contributed by atoms with Crippen LogP contribution >= 0.6 is 0 Å². The number of nitro benzene ring substituents is 1. The number of anilines is 1. The highest BCUT2D eigenvalue weighted by atomic mass is 16.6. The Labute approximate surface area is 110 Å². The maximum Gasteiger partial charge on any atom is 0.313 e. The first kappa shape index (κ1) is 14.6. The van der Waals surface area contributed by atoms with Gasteiger partial charge in [-0.1, -0.05) is 6.92 Å². The molecule has 1 atom stereocenters. The Morgan fingerprint density at radius 3 is 2.32 bits per heavy atom. The van der Waals surface area contributed by atoms with Crippen molar-refractivity contribution in [1.82, 2.24) is 5.32 Å². The minimum atomic E-state index is -0.797. The van der Waals surface area contributed by atoms with E-state index in [1.54, 1.807) is 6.92 Å². The first-order valence-corrected chi connectivity index (χ1v) is 5.80. The largest absolute Gasteiger partial charge is 0.345 e. The van der Waals surface area contributed by atoms with E-state index in [4.69, 9.17) is 0 Å². The van der Waals surface area contributed by atoms with Gasteiger partial charge in [-0.15, -0.1) is 0 Å². The quantitative estimate of drug-likeness (QED) is 0.488. The normalized spacial score (nSPS) is 11.5. The molecule has 1 aromatic carbocycles. The fraction of sp³-hybridized carbons (Fsp3) is 0.333. The minimum absolute atomic E-state index is 0.0814. The van der Waals surface area contributed by atoms with Crippen molar-refractivity contribution < 1.29 is 14.5 Å². The van der Waals surface area contributed by atoms with Crippen LogP contribution in [0.2, 0.25) is 0 Å². The van der Waals surface area contributed by atoms with Crippen molar-refractivity contribution in [2.75, 3.05) is 5.32 Å². The van der Waals surface area contributed by atoms with E-state index in [2.05, 4.69) is 10.6 Å². The Morgan fingerprint density at radius 1 is 1.26 bits per heavy atom. The maximum absolute atomic E-state index is 11.5. The van der Waals surface area contributed by atoms with E-state index in [-0.39, 0.29) is 11.7 Å². The third-order valence-corrected chi connectivity index (χ3v) is 2.53. The number of carbonyl (C=O) groups is 2. The molecule has 0 heterocycles. The molecule has 0 aliphatic rings. The lowest BCUT2D eigenvalue weighted by Crippen LogP contribution is -2.40. The number of hydrogen-bond acceptors (Lipinski definition) is 4. The van der Waals surface area contributed by atoms with E-state index in [9.17, 15) is 19.7 Å². The molecule has 0 saturated carbocycles.